The van der Waals surface area contributed by atoms with E-state index < -0.39 is 5.41 Å². The van der Waals surface area contributed by atoms with Crippen LogP contribution in [-0.2, 0) is 5.41 Å². The second-order valence-electron chi connectivity index (χ2n) is 18.4. The lowest BCUT2D eigenvalue weighted by molar-refractivity contribution is 0.669. The first-order valence-corrected chi connectivity index (χ1v) is 24.0. The third-order valence-corrected chi connectivity index (χ3v) is 14.6. The molecule has 1 aliphatic rings. The van der Waals surface area contributed by atoms with Gasteiger partial charge < -0.3 is 4.42 Å². The predicted molar refractivity (Wildman–Crippen MR) is 289 cm³/mol. The molecular formula is C67H42N2O. The second kappa shape index (κ2) is 16.0. The smallest absolute Gasteiger partial charge is 0.160 e. The van der Waals surface area contributed by atoms with Gasteiger partial charge >= 0.3 is 0 Å². The molecule has 2 heterocycles. The summed E-state index contributed by atoms with van der Waals surface area (Å²) in [6.45, 7) is 0. The monoisotopic (exact) mass is 890 g/mol. The van der Waals surface area contributed by atoms with Crippen molar-refractivity contribution in [1.82, 2.24) is 9.97 Å². The summed E-state index contributed by atoms with van der Waals surface area (Å²) in [7, 11) is 0. The van der Waals surface area contributed by atoms with Gasteiger partial charge in [-0.2, -0.15) is 0 Å². The minimum Gasteiger partial charge on any atom is -0.456 e. The van der Waals surface area contributed by atoms with Crippen LogP contribution in [0.25, 0.3) is 111 Å². The zero-order valence-corrected chi connectivity index (χ0v) is 38.1. The maximum atomic E-state index is 6.11. The molecule has 2 aromatic heterocycles. The van der Waals surface area contributed by atoms with Crippen LogP contribution in [0.15, 0.2) is 259 Å². The van der Waals surface area contributed by atoms with E-state index >= 15 is 0 Å². The highest BCUT2D eigenvalue weighted by Gasteiger charge is 2.46. The van der Waals surface area contributed by atoms with Crippen molar-refractivity contribution < 1.29 is 4.42 Å². The quantitative estimate of drug-likeness (QED) is 0.150. The average molecular weight is 891 g/mol. The Morgan fingerprint density at radius 2 is 0.829 bits per heavy atom. The van der Waals surface area contributed by atoms with Gasteiger partial charge in [-0.25, -0.2) is 9.97 Å². The molecule has 0 aliphatic heterocycles. The van der Waals surface area contributed by atoms with Crippen molar-refractivity contribution in [3.05, 3.63) is 277 Å². The van der Waals surface area contributed by atoms with Crippen molar-refractivity contribution in [2.24, 2.45) is 0 Å². The lowest BCUT2D eigenvalue weighted by Gasteiger charge is -2.33. The molecule has 3 nitrogen and oxygen atoms in total. The number of para-hydroxylation sites is 1. The van der Waals surface area contributed by atoms with Crippen molar-refractivity contribution >= 4 is 43.5 Å². The van der Waals surface area contributed by atoms with Crippen LogP contribution in [0.3, 0.4) is 0 Å². The Balaban J connectivity index is 0.840. The topological polar surface area (TPSA) is 38.9 Å². The molecule has 70 heavy (non-hydrogen) atoms. The van der Waals surface area contributed by atoms with E-state index in [1.54, 1.807) is 0 Å². The van der Waals surface area contributed by atoms with Gasteiger partial charge in [0.05, 0.1) is 16.8 Å². The molecule has 0 N–H and O–H groups in total. The van der Waals surface area contributed by atoms with E-state index in [1.165, 1.54) is 71.6 Å². The number of rotatable bonds is 7. The Morgan fingerprint density at radius 1 is 0.300 bits per heavy atom. The molecule has 0 radical (unpaired) electrons. The third kappa shape index (κ3) is 6.29. The molecule has 0 amide bonds. The van der Waals surface area contributed by atoms with Gasteiger partial charge in [-0.15, -0.1) is 0 Å². The Hall–Kier alpha value is -9.18. The summed E-state index contributed by atoms with van der Waals surface area (Å²) in [6.07, 6.45) is 0. The van der Waals surface area contributed by atoms with Crippen molar-refractivity contribution in [1.29, 1.82) is 0 Å². The number of hydrogen-bond donors (Lipinski definition) is 0. The molecule has 0 saturated heterocycles. The average Bonchev–Trinajstić information content (AvgIpc) is 3.97. The van der Waals surface area contributed by atoms with E-state index in [2.05, 4.69) is 237 Å². The van der Waals surface area contributed by atoms with E-state index in [0.717, 1.165) is 55.6 Å². The highest BCUT2D eigenvalue weighted by Crippen LogP contribution is 2.58. The Kier molecular flexibility index (Phi) is 9.11. The molecule has 0 spiro atoms. The highest BCUT2D eigenvalue weighted by atomic mass is 16.3. The number of aromatic nitrogens is 2. The Morgan fingerprint density at radius 3 is 1.56 bits per heavy atom. The number of hydrogen-bond acceptors (Lipinski definition) is 3. The fourth-order valence-electron chi connectivity index (χ4n) is 11.3. The highest BCUT2D eigenvalue weighted by molar-refractivity contribution is 6.10. The molecule has 0 atom stereocenters. The summed E-state index contributed by atoms with van der Waals surface area (Å²) >= 11 is 0. The maximum Gasteiger partial charge on any atom is 0.160 e. The summed E-state index contributed by atoms with van der Waals surface area (Å²) in [5, 5.41) is 7.19. The molecule has 11 aromatic carbocycles. The van der Waals surface area contributed by atoms with Crippen molar-refractivity contribution in [3.63, 3.8) is 0 Å². The Bertz CT molecular complexity index is 4120. The van der Waals surface area contributed by atoms with Crippen LogP contribution in [0.5, 0.6) is 0 Å². The molecule has 0 saturated carbocycles. The van der Waals surface area contributed by atoms with E-state index in [-0.39, 0.29) is 0 Å². The van der Waals surface area contributed by atoms with Crippen molar-refractivity contribution in [3.8, 4) is 67.3 Å². The first-order valence-electron chi connectivity index (χ1n) is 24.0. The van der Waals surface area contributed by atoms with Gasteiger partial charge in [0.2, 0.25) is 0 Å². The van der Waals surface area contributed by atoms with Crippen LogP contribution in [0.4, 0.5) is 0 Å². The summed E-state index contributed by atoms with van der Waals surface area (Å²) in [6, 6.07) is 91.8. The standard InChI is InChI=1S/C67H42N2O/c1-4-15-45(16-5-1)66-68-61(42-62(69-66)57-23-14-25-60-65(57)56-22-10-12-24-59(56)67(60,51-17-6-2-7-18-51)52-19-8-3-9-20-52)44-29-27-43(28-30-44)46-33-36-53-49(39-46)31-32-50-40-47(34-37-54(50)53)48-35-38-64-58(41-48)55-21-11-13-26-63(55)70-64/h1-42H. The van der Waals surface area contributed by atoms with Crippen LogP contribution in [0, 0.1) is 0 Å². The summed E-state index contributed by atoms with van der Waals surface area (Å²) in [5.74, 6) is 0.694. The van der Waals surface area contributed by atoms with Crippen LogP contribution < -0.4 is 0 Å². The fraction of sp³-hybridized carbons (Fsp3) is 0.0149. The molecule has 13 aromatic rings. The number of fused-ring (bicyclic) bond motifs is 9. The molecule has 326 valence electrons. The molecule has 0 fully saturated rings. The molecule has 3 heteroatoms. The van der Waals surface area contributed by atoms with Crippen LogP contribution in [-0.4, -0.2) is 9.97 Å². The largest absolute Gasteiger partial charge is 0.456 e. The molecule has 1 aliphatic carbocycles. The fourth-order valence-corrected chi connectivity index (χ4v) is 11.3. The van der Waals surface area contributed by atoms with E-state index in [1.807, 2.05) is 18.2 Å². The lowest BCUT2D eigenvalue weighted by atomic mass is 9.67. The first-order chi connectivity index (χ1) is 34.7. The first kappa shape index (κ1) is 39.9. The minimum absolute atomic E-state index is 0.509. The van der Waals surface area contributed by atoms with Crippen molar-refractivity contribution in [2.75, 3.05) is 0 Å². The molecule has 0 bridgehead atoms. The molecule has 14 rings (SSSR count). The second-order valence-corrected chi connectivity index (χ2v) is 18.4. The summed E-state index contributed by atoms with van der Waals surface area (Å²) < 4.78 is 6.11. The van der Waals surface area contributed by atoms with Gasteiger partial charge in [-0.05, 0) is 114 Å². The van der Waals surface area contributed by atoms with Gasteiger partial charge in [0.25, 0.3) is 0 Å². The van der Waals surface area contributed by atoms with Crippen LogP contribution in [0.1, 0.15) is 22.3 Å². The zero-order valence-electron chi connectivity index (χ0n) is 38.1. The normalized spacial score (nSPS) is 12.7. The van der Waals surface area contributed by atoms with Crippen LogP contribution >= 0.6 is 0 Å². The summed E-state index contributed by atoms with van der Waals surface area (Å²) in [4.78, 5) is 10.6. The van der Waals surface area contributed by atoms with Gasteiger partial charge in [-0.3, -0.25) is 0 Å². The number of nitrogens with zero attached hydrogens (tertiary/aromatic N) is 2. The Labute approximate surface area is 405 Å². The van der Waals surface area contributed by atoms with Crippen molar-refractivity contribution in [2.45, 2.75) is 5.41 Å². The minimum atomic E-state index is -0.509. The maximum absolute atomic E-state index is 6.11. The van der Waals surface area contributed by atoms with Crippen LogP contribution in [0.2, 0.25) is 0 Å². The molecular weight excluding hydrogens is 849 g/mol. The van der Waals surface area contributed by atoms with Gasteiger partial charge in [0.1, 0.15) is 11.2 Å². The zero-order chi connectivity index (χ0) is 46.2. The third-order valence-electron chi connectivity index (χ3n) is 14.6. The van der Waals surface area contributed by atoms with E-state index in [9.17, 15) is 0 Å². The van der Waals surface area contributed by atoms with Gasteiger partial charge in [-0.1, -0.05) is 218 Å². The number of benzene rings is 11. The SMILES string of the molecule is c1ccc(-c2nc(-c3ccc(-c4ccc5c(ccc6cc(-c7ccc8oc9ccccc9c8c7)ccc65)c4)cc3)cc(-c3cccc4c3-c3ccccc3C4(c3ccccc3)c3ccccc3)n2)cc1. The van der Waals surface area contributed by atoms with Gasteiger partial charge in [0.15, 0.2) is 5.82 Å². The summed E-state index contributed by atoms with van der Waals surface area (Å²) in [5.41, 5.74) is 18.3. The van der Waals surface area contributed by atoms with E-state index in [4.69, 9.17) is 14.4 Å². The van der Waals surface area contributed by atoms with Gasteiger partial charge in [0, 0.05) is 27.5 Å². The predicted octanol–water partition coefficient (Wildman–Crippen LogP) is 17.4. The lowest BCUT2D eigenvalue weighted by Crippen LogP contribution is -2.28. The molecule has 0 unspecified atom stereocenters. The number of furan rings is 1. The van der Waals surface area contributed by atoms with E-state index in [0.29, 0.717) is 5.82 Å².